The van der Waals surface area contributed by atoms with E-state index in [9.17, 15) is 8.42 Å². The third kappa shape index (κ3) is 2.78. The van der Waals surface area contributed by atoms with Gasteiger partial charge in [-0.1, -0.05) is 0 Å². The Balaban J connectivity index is 2.18. The molecule has 2 N–H and O–H groups in total. The van der Waals surface area contributed by atoms with E-state index < -0.39 is 10.0 Å². The monoisotopic (exact) mass is 319 g/mol. The highest BCUT2D eigenvalue weighted by atomic mass is 79.9. The molecule has 0 spiro atoms. The van der Waals surface area contributed by atoms with Gasteiger partial charge in [0.1, 0.15) is 5.82 Å². The van der Waals surface area contributed by atoms with Gasteiger partial charge in [-0.2, -0.15) is 0 Å². The van der Waals surface area contributed by atoms with Gasteiger partial charge in [-0.3, -0.25) is 0 Å². The van der Waals surface area contributed by atoms with Crippen LogP contribution < -0.4 is 5.73 Å². The number of sulfonamides is 1. The van der Waals surface area contributed by atoms with Gasteiger partial charge in [0, 0.05) is 25.2 Å². The second-order valence-electron chi connectivity index (χ2n) is 4.24. The summed E-state index contributed by atoms with van der Waals surface area (Å²) in [6.07, 6.45) is 3.79. The SMILES string of the molecule is CS(=O)(=O)N1CC[C@@H](c2cnc(N)c(Br)c2)C1. The van der Waals surface area contributed by atoms with E-state index in [1.54, 1.807) is 6.20 Å². The minimum Gasteiger partial charge on any atom is -0.383 e. The lowest BCUT2D eigenvalue weighted by Gasteiger charge is -2.13. The summed E-state index contributed by atoms with van der Waals surface area (Å²) in [5.74, 6) is 0.654. The summed E-state index contributed by atoms with van der Waals surface area (Å²) in [4.78, 5) is 4.07. The van der Waals surface area contributed by atoms with Crippen molar-refractivity contribution in [2.24, 2.45) is 0 Å². The molecule has 0 amide bonds. The molecule has 0 aliphatic carbocycles. The first-order chi connectivity index (χ1) is 7.88. The van der Waals surface area contributed by atoms with Gasteiger partial charge in [0.15, 0.2) is 0 Å². The molecule has 17 heavy (non-hydrogen) atoms. The maximum Gasteiger partial charge on any atom is 0.211 e. The predicted molar refractivity (Wildman–Crippen MR) is 70.1 cm³/mol. The van der Waals surface area contributed by atoms with E-state index in [1.807, 2.05) is 6.07 Å². The molecule has 1 fully saturated rings. The van der Waals surface area contributed by atoms with Crippen molar-refractivity contribution in [2.75, 3.05) is 25.1 Å². The molecule has 0 saturated carbocycles. The van der Waals surface area contributed by atoms with Crippen LogP contribution in [-0.2, 0) is 10.0 Å². The summed E-state index contributed by atoms with van der Waals surface area (Å²) in [6.45, 7) is 1.10. The molecule has 0 unspecified atom stereocenters. The van der Waals surface area contributed by atoms with Crippen LogP contribution in [0.15, 0.2) is 16.7 Å². The fourth-order valence-corrected chi connectivity index (χ4v) is 3.24. The Morgan fingerprint density at radius 3 is 2.82 bits per heavy atom. The highest BCUT2D eigenvalue weighted by Crippen LogP contribution is 2.30. The number of pyridine rings is 1. The molecule has 1 aliphatic rings. The Bertz CT molecular complexity index is 532. The molecule has 1 saturated heterocycles. The average Bonchev–Trinajstić information content (AvgIpc) is 2.70. The van der Waals surface area contributed by atoms with Crippen molar-refractivity contribution in [3.8, 4) is 0 Å². The van der Waals surface area contributed by atoms with Gasteiger partial charge in [-0.15, -0.1) is 0 Å². The maximum atomic E-state index is 11.4. The first-order valence-corrected chi connectivity index (χ1v) is 7.88. The van der Waals surface area contributed by atoms with E-state index in [1.165, 1.54) is 10.6 Å². The lowest BCUT2D eigenvalue weighted by atomic mass is 10.0. The number of anilines is 1. The zero-order valence-electron chi connectivity index (χ0n) is 9.43. The Morgan fingerprint density at radius 1 is 1.59 bits per heavy atom. The molecule has 2 rings (SSSR count). The normalized spacial score (nSPS) is 21.9. The van der Waals surface area contributed by atoms with E-state index in [4.69, 9.17) is 5.73 Å². The van der Waals surface area contributed by atoms with Crippen LogP contribution >= 0.6 is 15.9 Å². The number of hydrogen-bond acceptors (Lipinski definition) is 4. The van der Waals surface area contributed by atoms with Gasteiger partial charge >= 0.3 is 0 Å². The van der Waals surface area contributed by atoms with Gasteiger partial charge in [0.25, 0.3) is 0 Å². The summed E-state index contributed by atoms with van der Waals surface area (Å²) in [5, 5.41) is 0. The summed E-state index contributed by atoms with van der Waals surface area (Å²) < 4.78 is 25.1. The average molecular weight is 320 g/mol. The van der Waals surface area contributed by atoms with Crippen LogP contribution in [0, 0.1) is 0 Å². The molecule has 0 bridgehead atoms. The summed E-state index contributed by atoms with van der Waals surface area (Å²) in [6, 6.07) is 1.92. The molecule has 7 heteroatoms. The Labute approximate surface area is 109 Å². The van der Waals surface area contributed by atoms with E-state index in [0.717, 1.165) is 16.5 Å². The maximum absolute atomic E-state index is 11.4. The van der Waals surface area contributed by atoms with Crippen LogP contribution in [0.4, 0.5) is 5.82 Å². The number of nitrogens with zero attached hydrogens (tertiary/aromatic N) is 2. The number of hydrogen-bond donors (Lipinski definition) is 1. The van der Waals surface area contributed by atoms with Crippen molar-refractivity contribution in [3.63, 3.8) is 0 Å². The Morgan fingerprint density at radius 2 is 2.29 bits per heavy atom. The van der Waals surface area contributed by atoms with E-state index >= 15 is 0 Å². The molecule has 1 aromatic rings. The fourth-order valence-electron chi connectivity index (χ4n) is 1.99. The third-order valence-corrected chi connectivity index (χ3v) is 4.89. The van der Waals surface area contributed by atoms with Crippen LogP contribution in [0.3, 0.4) is 0 Å². The molecule has 5 nitrogen and oxygen atoms in total. The first-order valence-electron chi connectivity index (χ1n) is 5.24. The lowest BCUT2D eigenvalue weighted by molar-refractivity contribution is 0.478. The zero-order valence-corrected chi connectivity index (χ0v) is 11.8. The van der Waals surface area contributed by atoms with Gasteiger partial charge in [0.05, 0.1) is 10.7 Å². The molecule has 0 aromatic carbocycles. The van der Waals surface area contributed by atoms with Crippen LogP contribution in [0.25, 0.3) is 0 Å². The van der Waals surface area contributed by atoms with E-state index in [2.05, 4.69) is 20.9 Å². The van der Waals surface area contributed by atoms with Crippen molar-refractivity contribution in [1.82, 2.24) is 9.29 Å². The number of halogens is 1. The number of nitrogen functional groups attached to an aromatic ring is 1. The molecular formula is C10H14BrN3O2S. The van der Waals surface area contributed by atoms with Crippen molar-refractivity contribution in [2.45, 2.75) is 12.3 Å². The van der Waals surface area contributed by atoms with Gasteiger partial charge in [-0.05, 0) is 34.0 Å². The van der Waals surface area contributed by atoms with Crippen molar-refractivity contribution in [1.29, 1.82) is 0 Å². The Kier molecular flexibility index (Phi) is 3.42. The zero-order chi connectivity index (χ0) is 12.6. The van der Waals surface area contributed by atoms with E-state index in [-0.39, 0.29) is 5.92 Å². The molecular weight excluding hydrogens is 306 g/mol. The quantitative estimate of drug-likeness (QED) is 0.888. The minimum atomic E-state index is -3.09. The third-order valence-electron chi connectivity index (χ3n) is 2.98. The largest absolute Gasteiger partial charge is 0.383 e. The van der Waals surface area contributed by atoms with Crippen molar-refractivity contribution < 1.29 is 8.42 Å². The van der Waals surface area contributed by atoms with Crippen molar-refractivity contribution in [3.05, 3.63) is 22.3 Å². The summed E-state index contributed by atoms with van der Waals surface area (Å²) in [5.41, 5.74) is 6.64. The molecule has 1 atom stereocenters. The van der Waals surface area contributed by atoms with E-state index in [0.29, 0.717) is 18.9 Å². The molecule has 2 heterocycles. The van der Waals surface area contributed by atoms with Crippen LogP contribution in [0.5, 0.6) is 0 Å². The topological polar surface area (TPSA) is 76.3 Å². The first kappa shape index (κ1) is 12.8. The van der Waals surface area contributed by atoms with Crippen LogP contribution in [0.1, 0.15) is 17.9 Å². The van der Waals surface area contributed by atoms with Crippen molar-refractivity contribution >= 4 is 31.8 Å². The lowest BCUT2D eigenvalue weighted by Crippen LogP contribution is -2.27. The summed E-state index contributed by atoms with van der Waals surface area (Å²) >= 11 is 3.33. The highest BCUT2D eigenvalue weighted by Gasteiger charge is 2.29. The predicted octanol–water partition coefficient (Wildman–Crippen LogP) is 1.18. The summed E-state index contributed by atoms with van der Waals surface area (Å²) in [7, 11) is -3.09. The number of aromatic nitrogens is 1. The number of rotatable bonds is 2. The molecule has 1 aliphatic heterocycles. The second kappa shape index (κ2) is 4.55. The van der Waals surface area contributed by atoms with Gasteiger partial charge in [0.2, 0.25) is 10.0 Å². The smallest absolute Gasteiger partial charge is 0.211 e. The number of nitrogens with two attached hydrogens (primary N) is 1. The minimum absolute atomic E-state index is 0.203. The van der Waals surface area contributed by atoms with Gasteiger partial charge in [-0.25, -0.2) is 17.7 Å². The Hall–Kier alpha value is -0.660. The second-order valence-corrected chi connectivity index (χ2v) is 7.08. The van der Waals surface area contributed by atoms with Gasteiger partial charge < -0.3 is 5.73 Å². The molecule has 0 radical (unpaired) electrons. The fraction of sp³-hybridized carbons (Fsp3) is 0.500. The van der Waals surface area contributed by atoms with Crippen LogP contribution in [0.2, 0.25) is 0 Å². The molecule has 1 aromatic heterocycles. The highest BCUT2D eigenvalue weighted by molar-refractivity contribution is 9.10. The molecule has 94 valence electrons. The standard InChI is InChI=1S/C10H14BrN3O2S/c1-17(15,16)14-3-2-7(6-14)8-4-9(11)10(12)13-5-8/h4-5,7H,2-3,6H2,1H3,(H2,12,13)/t7-/m1/s1. The van der Waals surface area contributed by atoms with Crippen LogP contribution in [-0.4, -0.2) is 37.1 Å².